The van der Waals surface area contributed by atoms with Crippen molar-refractivity contribution in [3.8, 4) is 6.07 Å². The van der Waals surface area contributed by atoms with Crippen LogP contribution in [0.4, 0.5) is 11.5 Å². The number of pyridine rings is 1. The van der Waals surface area contributed by atoms with Crippen molar-refractivity contribution in [1.82, 2.24) is 10.3 Å². The predicted octanol–water partition coefficient (Wildman–Crippen LogP) is 1.19. The Labute approximate surface area is 116 Å². The van der Waals surface area contributed by atoms with Gasteiger partial charge in [-0.1, -0.05) is 0 Å². The van der Waals surface area contributed by atoms with Crippen LogP contribution < -0.4 is 10.2 Å². The molecule has 2 fully saturated rings. The molecule has 0 radical (unpaired) electrons. The number of nitro groups is 1. The fraction of sp³-hybridized carbons (Fsp3) is 0.538. The maximum Gasteiger partial charge on any atom is 0.289 e. The summed E-state index contributed by atoms with van der Waals surface area (Å²) < 4.78 is 0. The Hall–Kier alpha value is -2.20. The smallest absolute Gasteiger partial charge is 0.289 e. The fourth-order valence-corrected chi connectivity index (χ4v) is 3.02. The molecule has 3 rings (SSSR count). The molecule has 2 atom stereocenters. The largest absolute Gasteiger partial charge is 0.354 e. The van der Waals surface area contributed by atoms with Crippen LogP contribution in [-0.4, -0.2) is 35.1 Å². The van der Waals surface area contributed by atoms with E-state index in [1.54, 1.807) is 0 Å². The monoisotopic (exact) mass is 273 g/mol. The van der Waals surface area contributed by atoms with Crippen molar-refractivity contribution in [2.24, 2.45) is 0 Å². The Morgan fingerprint density at radius 3 is 3.00 bits per heavy atom. The summed E-state index contributed by atoms with van der Waals surface area (Å²) in [5.74, 6) is 0.562. The van der Waals surface area contributed by atoms with Gasteiger partial charge in [0.15, 0.2) is 0 Å². The summed E-state index contributed by atoms with van der Waals surface area (Å²) in [5, 5.41) is 23.5. The molecule has 3 heterocycles. The third-order valence-corrected chi connectivity index (χ3v) is 4.01. The molecule has 0 aromatic carbocycles. The molecule has 1 aromatic rings. The lowest BCUT2D eigenvalue weighted by Gasteiger charge is -2.25. The molecule has 1 aromatic heterocycles. The minimum Gasteiger partial charge on any atom is -0.354 e. The minimum absolute atomic E-state index is 0.139. The second-order valence-corrected chi connectivity index (χ2v) is 5.31. The number of fused-ring (bicyclic) bond motifs is 2. The summed E-state index contributed by atoms with van der Waals surface area (Å²) >= 11 is 0. The van der Waals surface area contributed by atoms with Gasteiger partial charge in [-0.05, 0) is 19.3 Å². The number of nitrogens with one attached hydrogen (secondary N) is 1. The number of nitriles is 1. The first-order chi connectivity index (χ1) is 9.67. The Kier molecular flexibility index (Phi) is 3.24. The Balaban J connectivity index is 1.89. The van der Waals surface area contributed by atoms with Crippen molar-refractivity contribution in [1.29, 1.82) is 5.26 Å². The summed E-state index contributed by atoms with van der Waals surface area (Å²) in [6, 6.07) is 4.30. The first-order valence-corrected chi connectivity index (χ1v) is 6.73. The number of anilines is 1. The molecule has 1 N–H and O–H groups in total. The highest BCUT2D eigenvalue weighted by Gasteiger charge is 2.30. The molecule has 7 heteroatoms. The van der Waals surface area contributed by atoms with Gasteiger partial charge < -0.3 is 10.2 Å². The average Bonchev–Trinajstić information content (AvgIpc) is 2.78. The quantitative estimate of drug-likeness (QED) is 0.642. The number of hydrogen-bond donors (Lipinski definition) is 1. The van der Waals surface area contributed by atoms with E-state index < -0.39 is 4.92 Å². The lowest BCUT2D eigenvalue weighted by atomic mass is 10.1. The third-order valence-electron chi connectivity index (χ3n) is 4.01. The van der Waals surface area contributed by atoms with Crippen molar-refractivity contribution >= 4 is 11.5 Å². The topological polar surface area (TPSA) is 95.1 Å². The molecule has 2 aliphatic heterocycles. The minimum atomic E-state index is -0.524. The highest BCUT2D eigenvalue weighted by atomic mass is 16.6. The van der Waals surface area contributed by atoms with Gasteiger partial charge in [0.1, 0.15) is 23.6 Å². The average molecular weight is 273 g/mol. The van der Waals surface area contributed by atoms with Crippen LogP contribution in [0.25, 0.3) is 0 Å². The number of hydrogen-bond acceptors (Lipinski definition) is 6. The molecule has 2 bridgehead atoms. The summed E-state index contributed by atoms with van der Waals surface area (Å²) in [6.07, 6.45) is 4.58. The maximum atomic E-state index is 10.7. The van der Waals surface area contributed by atoms with Gasteiger partial charge in [0.05, 0.1) is 4.92 Å². The molecule has 2 unspecified atom stereocenters. The van der Waals surface area contributed by atoms with E-state index in [9.17, 15) is 15.4 Å². The molecule has 104 valence electrons. The molecule has 0 amide bonds. The molecule has 0 spiro atoms. The van der Waals surface area contributed by atoms with Crippen LogP contribution in [0.2, 0.25) is 0 Å². The number of rotatable bonds is 2. The normalized spacial score (nSPS) is 25.1. The Morgan fingerprint density at radius 1 is 1.45 bits per heavy atom. The predicted molar refractivity (Wildman–Crippen MR) is 72.4 cm³/mol. The van der Waals surface area contributed by atoms with E-state index in [2.05, 4.69) is 15.2 Å². The van der Waals surface area contributed by atoms with Crippen LogP contribution in [0.3, 0.4) is 0 Å². The maximum absolute atomic E-state index is 10.7. The molecule has 2 aliphatic rings. The number of nitrogens with zero attached hydrogens (tertiary/aromatic N) is 4. The third kappa shape index (κ3) is 2.30. The Morgan fingerprint density at radius 2 is 2.25 bits per heavy atom. The lowest BCUT2D eigenvalue weighted by molar-refractivity contribution is -0.385. The second kappa shape index (κ2) is 5.06. The van der Waals surface area contributed by atoms with E-state index in [0.29, 0.717) is 17.9 Å². The van der Waals surface area contributed by atoms with Crippen LogP contribution >= 0.6 is 0 Å². The summed E-state index contributed by atoms with van der Waals surface area (Å²) in [6.45, 7) is 1.63. The first kappa shape index (κ1) is 12.8. The van der Waals surface area contributed by atoms with Gasteiger partial charge in [-0.25, -0.2) is 4.98 Å². The molecule has 7 nitrogen and oxygen atoms in total. The summed E-state index contributed by atoms with van der Waals surface area (Å²) in [7, 11) is 0. The molecule has 20 heavy (non-hydrogen) atoms. The molecular formula is C13H15N5O2. The van der Waals surface area contributed by atoms with Gasteiger partial charge in [-0.2, -0.15) is 5.26 Å². The molecule has 0 saturated carbocycles. The zero-order valence-corrected chi connectivity index (χ0v) is 11.0. The van der Waals surface area contributed by atoms with Crippen molar-refractivity contribution in [2.45, 2.75) is 31.3 Å². The van der Waals surface area contributed by atoms with Gasteiger partial charge in [-0.15, -0.1) is 0 Å². The SMILES string of the molecule is N#Cc1cc([N+](=O)[O-])cnc1N1CCC2CCC(C1)N2. The zero-order chi connectivity index (χ0) is 14.1. The summed E-state index contributed by atoms with van der Waals surface area (Å²) in [4.78, 5) is 16.4. The van der Waals surface area contributed by atoms with Crippen LogP contribution in [0.15, 0.2) is 12.3 Å². The molecule has 0 aliphatic carbocycles. The van der Waals surface area contributed by atoms with E-state index in [-0.39, 0.29) is 11.3 Å². The lowest BCUT2D eigenvalue weighted by Crippen LogP contribution is -2.36. The van der Waals surface area contributed by atoms with E-state index in [0.717, 1.165) is 25.9 Å². The van der Waals surface area contributed by atoms with Crippen LogP contribution in [0.5, 0.6) is 0 Å². The highest BCUT2D eigenvalue weighted by molar-refractivity contribution is 5.57. The van der Waals surface area contributed by atoms with E-state index in [1.807, 2.05) is 6.07 Å². The van der Waals surface area contributed by atoms with Crippen LogP contribution in [0.1, 0.15) is 24.8 Å². The van der Waals surface area contributed by atoms with Crippen molar-refractivity contribution in [3.63, 3.8) is 0 Å². The van der Waals surface area contributed by atoms with Crippen molar-refractivity contribution in [3.05, 3.63) is 27.9 Å². The Bertz CT molecular complexity index is 583. The number of aromatic nitrogens is 1. The fourth-order valence-electron chi connectivity index (χ4n) is 3.02. The van der Waals surface area contributed by atoms with E-state index in [4.69, 9.17) is 0 Å². The van der Waals surface area contributed by atoms with Gasteiger partial charge in [0.2, 0.25) is 0 Å². The zero-order valence-electron chi connectivity index (χ0n) is 11.0. The standard InChI is InChI=1S/C13H15N5O2/c14-6-9-5-12(18(19)20)7-15-13(9)17-4-3-10-1-2-11(8-17)16-10/h5,7,10-11,16H,1-4,8H2. The molecular weight excluding hydrogens is 258 g/mol. The van der Waals surface area contributed by atoms with E-state index in [1.165, 1.54) is 18.7 Å². The van der Waals surface area contributed by atoms with Crippen LogP contribution in [0, 0.1) is 21.4 Å². The van der Waals surface area contributed by atoms with Gasteiger partial charge in [0.25, 0.3) is 5.69 Å². The summed E-state index contributed by atoms with van der Waals surface area (Å²) in [5.41, 5.74) is 0.136. The van der Waals surface area contributed by atoms with Gasteiger partial charge in [-0.3, -0.25) is 10.1 Å². The highest BCUT2D eigenvalue weighted by Crippen LogP contribution is 2.27. The van der Waals surface area contributed by atoms with Gasteiger partial charge in [0, 0.05) is 31.2 Å². The van der Waals surface area contributed by atoms with Crippen molar-refractivity contribution in [2.75, 3.05) is 18.0 Å². The van der Waals surface area contributed by atoms with Crippen LogP contribution in [-0.2, 0) is 0 Å². The first-order valence-electron chi connectivity index (χ1n) is 6.73. The van der Waals surface area contributed by atoms with Crippen molar-refractivity contribution < 1.29 is 4.92 Å². The second-order valence-electron chi connectivity index (χ2n) is 5.31. The molecule has 2 saturated heterocycles. The van der Waals surface area contributed by atoms with E-state index >= 15 is 0 Å². The van der Waals surface area contributed by atoms with Gasteiger partial charge >= 0.3 is 0 Å².